The first kappa shape index (κ1) is 8.06. The van der Waals surface area contributed by atoms with Crippen LogP contribution >= 0.6 is 0 Å². The van der Waals surface area contributed by atoms with Crippen LogP contribution < -0.4 is 0 Å². The molecule has 1 nitrogen and oxygen atoms in total. The molecule has 1 heterocycles. The summed E-state index contributed by atoms with van der Waals surface area (Å²) >= 11 is 0. The molecule has 60 valence electrons. The molecule has 0 aromatic carbocycles. The molecule has 0 aliphatic carbocycles. The summed E-state index contributed by atoms with van der Waals surface area (Å²) in [7, 11) is 2.24. The SMILES string of the molecule is C[C@H]1CCCCN(C)[C@H]1C. The van der Waals surface area contributed by atoms with Crippen molar-refractivity contribution in [1.82, 2.24) is 4.90 Å². The van der Waals surface area contributed by atoms with Gasteiger partial charge in [-0.2, -0.15) is 0 Å². The monoisotopic (exact) mass is 141 g/mol. The van der Waals surface area contributed by atoms with E-state index in [2.05, 4.69) is 25.8 Å². The van der Waals surface area contributed by atoms with Crippen molar-refractivity contribution in [3.05, 3.63) is 0 Å². The van der Waals surface area contributed by atoms with Gasteiger partial charge in [0, 0.05) is 6.04 Å². The van der Waals surface area contributed by atoms with Gasteiger partial charge in [-0.15, -0.1) is 0 Å². The first-order valence-corrected chi connectivity index (χ1v) is 4.42. The summed E-state index contributed by atoms with van der Waals surface area (Å²) in [6, 6.07) is 0.794. The summed E-state index contributed by atoms with van der Waals surface area (Å²) in [5, 5.41) is 0. The predicted molar refractivity (Wildman–Crippen MR) is 45.1 cm³/mol. The summed E-state index contributed by atoms with van der Waals surface area (Å²) in [5.74, 6) is 0.896. The zero-order valence-electron chi connectivity index (χ0n) is 7.43. The van der Waals surface area contributed by atoms with Gasteiger partial charge < -0.3 is 4.90 Å². The lowest BCUT2D eigenvalue weighted by Crippen LogP contribution is -2.32. The van der Waals surface area contributed by atoms with Gasteiger partial charge in [-0.05, 0) is 39.3 Å². The van der Waals surface area contributed by atoms with E-state index in [0.717, 1.165) is 12.0 Å². The van der Waals surface area contributed by atoms with Crippen LogP contribution in [0.2, 0.25) is 0 Å². The molecule has 1 rings (SSSR count). The molecule has 0 radical (unpaired) electrons. The molecular formula is C9H19N. The molecule has 0 unspecified atom stereocenters. The quantitative estimate of drug-likeness (QED) is 0.499. The molecule has 0 aromatic rings. The molecule has 0 spiro atoms. The van der Waals surface area contributed by atoms with E-state index in [0.29, 0.717) is 0 Å². The molecule has 1 fully saturated rings. The lowest BCUT2D eigenvalue weighted by molar-refractivity contribution is 0.218. The van der Waals surface area contributed by atoms with E-state index in [1.165, 1.54) is 25.8 Å². The number of hydrogen-bond acceptors (Lipinski definition) is 1. The van der Waals surface area contributed by atoms with Gasteiger partial charge in [0.15, 0.2) is 0 Å². The predicted octanol–water partition coefficient (Wildman–Crippen LogP) is 2.13. The fraction of sp³-hybridized carbons (Fsp3) is 1.00. The van der Waals surface area contributed by atoms with E-state index in [4.69, 9.17) is 0 Å². The van der Waals surface area contributed by atoms with Crippen LogP contribution in [0.4, 0.5) is 0 Å². The first-order valence-electron chi connectivity index (χ1n) is 4.42. The van der Waals surface area contributed by atoms with Crippen molar-refractivity contribution >= 4 is 0 Å². The lowest BCUT2D eigenvalue weighted by Gasteiger charge is -2.26. The molecule has 1 aliphatic rings. The zero-order chi connectivity index (χ0) is 7.56. The van der Waals surface area contributed by atoms with Crippen LogP contribution in [0.1, 0.15) is 33.1 Å². The summed E-state index contributed by atoms with van der Waals surface area (Å²) in [6.07, 6.45) is 4.24. The minimum atomic E-state index is 0.794. The molecule has 10 heavy (non-hydrogen) atoms. The maximum absolute atomic E-state index is 2.48. The summed E-state index contributed by atoms with van der Waals surface area (Å²) in [4.78, 5) is 2.48. The molecule has 0 saturated carbocycles. The standard InChI is InChI=1S/C9H19N/c1-8-6-4-5-7-10(3)9(8)2/h8-9H,4-7H2,1-3H3/t8-,9-/m0/s1. The van der Waals surface area contributed by atoms with E-state index < -0.39 is 0 Å². The van der Waals surface area contributed by atoms with Gasteiger partial charge in [-0.1, -0.05) is 13.3 Å². The van der Waals surface area contributed by atoms with Crippen LogP contribution in [0.25, 0.3) is 0 Å². The Hall–Kier alpha value is -0.0400. The van der Waals surface area contributed by atoms with Gasteiger partial charge in [0.25, 0.3) is 0 Å². The fourth-order valence-electron chi connectivity index (χ4n) is 1.71. The van der Waals surface area contributed by atoms with E-state index in [9.17, 15) is 0 Å². The third-order valence-electron chi connectivity index (χ3n) is 2.94. The Morgan fingerprint density at radius 3 is 2.60 bits per heavy atom. The second-order valence-corrected chi connectivity index (χ2v) is 3.69. The number of hydrogen-bond donors (Lipinski definition) is 0. The van der Waals surface area contributed by atoms with Gasteiger partial charge in [-0.25, -0.2) is 0 Å². The van der Waals surface area contributed by atoms with Crippen molar-refractivity contribution in [2.24, 2.45) is 5.92 Å². The van der Waals surface area contributed by atoms with E-state index >= 15 is 0 Å². The Morgan fingerprint density at radius 2 is 1.90 bits per heavy atom. The average Bonchev–Trinajstić information content (AvgIpc) is 2.04. The van der Waals surface area contributed by atoms with Crippen molar-refractivity contribution < 1.29 is 0 Å². The Labute approximate surface area is 64.4 Å². The molecule has 2 atom stereocenters. The molecule has 0 amide bonds. The average molecular weight is 141 g/mol. The zero-order valence-corrected chi connectivity index (χ0v) is 7.43. The van der Waals surface area contributed by atoms with Crippen molar-refractivity contribution in [3.8, 4) is 0 Å². The topological polar surface area (TPSA) is 3.24 Å². The normalized spacial score (nSPS) is 37.5. The second kappa shape index (κ2) is 3.38. The highest BCUT2D eigenvalue weighted by Crippen LogP contribution is 2.20. The molecule has 0 N–H and O–H groups in total. The Balaban J connectivity index is 2.46. The molecule has 1 heteroatoms. The van der Waals surface area contributed by atoms with Crippen molar-refractivity contribution in [2.45, 2.75) is 39.2 Å². The van der Waals surface area contributed by atoms with E-state index in [-0.39, 0.29) is 0 Å². The van der Waals surface area contributed by atoms with Crippen LogP contribution in [0, 0.1) is 5.92 Å². The Kier molecular flexibility index (Phi) is 2.72. The summed E-state index contributed by atoms with van der Waals surface area (Å²) in [5.41, 5.74) is 0. The van der Waals surface area contributed by atoms with Crippen LogP contribution in [-0.2, 0) is 0 Å². The number of nitrogens with zero attached hydrogens (tertiary/aromatic N) is 1. The fourth-order valence-corrected chi connectivity index (χ4v) is 1.71. The summed E-state index contributed by atoms with van der Waals surface area (Å²) in [6.45, 7) is 6.01. The van der Waals surface area contributed by atoms with Crippen molar-refractivity contribution in [1.29, 1.82) is 0 Å². The minimum Gasteiger partial charge on any atom is -0.303 e. The lowest BCUT2D eigenvalue weighted by atomic mass is 9.99. The molecule has 1 saturated heterocycles. The van der Waals surface area contributed by atoms with Gasteiger partial charge in [0.1, 0.15) is 0 Å². The highest BCUT2D eigenvalue weighted by Gasteiger charge is 2.18. The van der Waals surface area contributed by atoms with Gasteiger partial charge in [0.2, 0.25) is 0 Å². The first-order chi connectivity index (χ1) is 4.72. The third-order valence-corrected chi connectivity index (χ3v) is 2.94. The number of rotatable bonds is 0. The van der Waals surface area contributed by atoms with Crippen LogP contribution in [0.5, 0.6) is 0 Å². The van der Waals surface area contributed by atoms with Crippen molar-refractivity contribution in [2.75, 3.05) is 13.6 Å². The van der Waals surface area contributed by atoms with E-state index in [1.807, 2.05) is 0 Å². The maximum Gasteiger partial charge on any atom is 0.00895 e. The van der Waals surface area contributed by atoms with E-state index in [1.54, 1.807) is 0 Å². The number of likely N-dealkylation sites (tertiary alicyclic amines) is 1. The van der Waals surface area contributed by atoms with Gasteiger partial charge in [-0.3, -0.25) is 0 Å². The largest absolute Gasteiger partial charge is 0.303 e. The highest BCUT2D eigenvalue weighted by molar-refractivity contribution is 4.73. The van der Waals surface area contributed by atoms with Crippen LogP contribution in [-0.4, -0.2) is 24.5 Å². The Morgan fingerprint density at radius 1 is 1.20 bits per heavy atom. The van der Waals surface area contributed by atoms with Crippen LogP contribution in [0.15, 0.2) is 0 Å². The van der Waals surface area contributed by atoms with Crippen molar-refractivity contribution in [3.63, 3.8) is 0 Å². The molecule has 1 aliphatic heterocycles. The van der Waals surface area contributed by atoms with Gasteiger partial charge in [0.05, 0.1) is 0 Å². The molecular weight excluding hydrogens is 122 g/mol. The maximum atomic E-state index is 2.48. The molecule has 0 bridgehead atoms. The second-order valence-electron chi connectivity index (χ2n) is 3.69. The smallest absolute Gasteiger partial charge is 0.00895 e. The third kappa shape index (κ3) is 1.72. The Bertz CT molecular complexity index is 88.9. The van der Waals surface area contributed by atoms with Crippen LogP contribution in [0.3, 0.4) is 0 Å². The summed E-state index contributed by atoms with van der Waals surface area (Å²) < 4.78 is 0. The minimum absolute atomic E-state index is 0.794. The van der Waals surface area contributed by atoms with Gasteiger partial charge >= 0.3 is 0 Å². The highest BCUT2D eigenvalue weighted by atomic mass is 15.1. The molecule has 0 aromatic heterocycles.